The maximum absolute atomic E-state index is 12.0. The van der Waals surface area contributed by atoms with Gasteiger partial charge < -0.3 is 19.7 Å². The van der Waals surface area contributed by atoms with Crippen LogP contribution in [0, 0.1) is 6.92 Å². The predicted molar refractivity (Wildman–Crippen MR) is 94.9 cm³/mol. The number of anilines is 1. The van der Waals surface area contributed by atoms with Crippen LogP contribution in [0.3, 0.4) is 0 Å². The van der Waals surface area contributed by atoms with Crippen LogP contribution >= 0.6 is 0 Å². The highest BCUT2D eigenvalue weighted by molar-refractivity contribution is 5.91. The number of likely N-dealkylation sites (N-methyl/N-ethyl adjacent to an activating group) is 1. The number of quaternary nitrogens is 1. The minimum absolute atomic E-state index is 0.0204. The van der Waals surface area contributed by atoms with E-state index in [1.54, 1.807) is 7.11 Å². The Kier molecular flexibility index (Phi) is 6.63. The molecule has 2 aromatic rings. The van der Waals surface area contributed by atoms with Gasteiger partial charge in [0.2, 0.25) is 0 Å². The minimum Gasteiger partial charge on any atom is -0.497 e. The molecule has 0 saturated heterocycles. The highest BCUT2D eigenvalue weighted by atomic mass is 16.5. The van der Waals surface area contributed by atoms with Gasteiger partial charge in [0, 0.05) is 5.69 Å². The summed E-state index contributed by atoms with van der Waals surface area (Å²) >= 11 is 0. The number of carbonyl (C=O) groups is 1. The number of hydrogen-bond donors (Lipinski definition) is 2. The second-order valence-corrected chi connectivity index (χ2v) is 5.82. The zero-order valence-electron chi connectivity index (χ0n) is 14.5. The van der Waals surface area contributed by atoms with Crippen LogP contribution in [0.1, 0.15) is 5.56 Å². The monoisotopic (exact) mass is 329 g/mol. The SMILES string of the molecule is COc1ccc(NC(=O)C[NH+](C)CCOc2ccc(C)cc2)cc1. The van der Waals surface area contributed by atoms with Crippen molar-refractivity contribution in [2.45, 2.75) is 6.92 Å². The second-order valence-electron chi connectivity index (χ2n) is 5.82. The van der Waals surface area contributed by atoms with Crippen LogP contribution in [-0.2, 0) is 4.79 Å². The number of carbonyl (C=O) groups excluding carboxylic acids is 1. The molecule has 5 nitrogen and oxygen atoms in total. The number of methoxy groups -OCH3 is 1. The molecular formula is C19H25N2O3+. The molecule has 0 aliphatic heterocycles. The van der Waals surface area contributed by atoms with E-state index in [9.17, 15) is 4.79 Å². The van der Waals surface area contributed by atoms with Crippen LogP contribution in [0.2, 0.25) is 0 Å². The van der Waals surface area contributed by atoms with E-state index in [2.05, 4.69) is 5.32 Å². The number of benzene rings is 2. The Hall–Kier alpha value is -2.53. The summed E-state index contributed by atoms with van der Waals surface area (Å²) in [6.07, 6.45) is 0. The molecule has 1 atom stereocenters. The molecule has 24 heavy (non-hydrogen) atoms. The zero-order chi connectivity index (χ0) is 17.4. The Bertz CT molecular complexity index is 639. The normalized spacial score (nSPS) is 11.6. The van der Waals surface area contributed by atoms with Crippen molar-refractivity contribution in [2.24, 2.45) is 0 Å². The molecule has 0 aliphatic rings. The highest BCUT2D eigenvalue weighted by Crippen LogP contribution is 2.14. The first kappa shape index (κ1) is 17.8. The highest BCUT2D eigenvalue weighted by Gasteiger charge is 2.10. The molecule has 1 unspecified atom stereocenters. The number of amides is 1. The maximum atomic E-state index is 12.0. The third kappa shape index (κ3) is 5.93. The van der Waals surface area contributed by atoms with Gasteiger partial charge in [-0.05, 0) is 43.3 Å². The van der Waals surface area contributed by atoms with Gasteiger partial charge in [-0.1, -0.05) is 17.7 Å². The smallest absolute Gasteiger partial charge is 0.279 e. The van der Waals surface area contributed by atoms with Crippen LogP contribution in [0.25, 0.3) is 0 Å². The first-order valence-electron chi connectivity index (χ1n) is 8.01. The Labute approximate surface area is 143 Å². The molecule has 2 rings (SSSR count). The number of ether oxygens (including phenoxy) is 2. The molecule has 128 valence electrons. The van der Waals surface area contributed by atoms with Crippen molar-refractivity contribution in [2.75, 3.05) is 39.2 Å². The summed E-state index contributed by atoms with van der Waals surface area (Å²) in [6, 6.07) is 15.3. The molecule has 2 aromatic carbocycles. The summed E-state index contributed by atoms with van der Waals surface area (Å²) in [4.78, 5) is 13.1. The Morgan fingerprint density at radius 1 is 1.04 bits per heavy atom. The number of hydrogen-bond acceptors (Lipinski definition) is 3. The van der Waals surface area contributed by atoms with E-state index in [1.807, 2.05) is 62.5 Å². The molecule has 5 heteroatoms. The van der Waals surface area contributed by atoms with Crippen molar-refractivity contribution >= 4 is 11.6 Å². The molecule has 1 amide bonds. The summed E-state index contributed by atoms with van der Waals surface area (Å²) in [5.74, 6) is 1.60. The van der Waals surface area contributed by atoms with Gasteiger partial charge in [-0.2, -0.15) is 0 Å². The molecule has 0 aromatic heterocycles. The largest absolute Gasteiger partial charge is 0.497 e. The van der Waals surface area contributed by atoms with Gasteiger partial charge in [0.25, 0.3) is 5.91 Å². The van der Waals surface area contributed by atoms with Gasteiger partial charge in [-0.3, -0.25) is 4.79 Å². The Balaban J connectivity index is 1.69. The van der Waals surface area contributed by atoms with E-state index in [0.29, 0.717) is 13.2 Å². The van der Waals surface area contributed by atoms with E-state index >= 15 is 0 Å². The number of aryl methyl sites for hydroxylation is 1. The quantitative estimate of drug-likeness (QED) is 0.772. The fourth-order valence-corrected chi connectivity index (χ4v) is 2.22. The third-order valence-corrected chi connectivity index (χ3v) is 3.65. The minimum atomic E-state index is -0.0204. The fraction of sp³-hybridized carbons (Fsp3) is 0.316. The molecule has 0 fully saturated rings. The summed E-state index contributed by atoms with van der Waals surface area (Å²) in [5.41, 5.74) is 1.98. The lowest BCUT2D eigenvalue weighted by Crippen LogP contribution is -3.10. The van der Waals surface area contributed by atoms with Gasteiger partial charge in [0.15, 0.2) is 6.54 Å². The lowest BCUT2D eigenvalue weighted by molar-refractivity contribution is -0.871. The molecule has 0 heterocycles. The lowest BCUT2D eigenvalue weighted by Gasteiger charge is -2.14. The lowest BCUT2D eigenvalue weighted by atomic mass is 10.2. The van der Waals surface area contributed by atoms with Crippen LogP contribution in [-0.4, -0.2) is 39.8 Å². The van der Waals surface area contributed by atoms with Crippen molar-refractivity contribution in [3.63, 3.8) is 0 Å². The number of nitrogens with one attached hydrogen (secondary N) is 2. The molecule has 0 bridgehead atoms. The fourth-order valence-electron chi connectivity index (χ4n) is 2.22. The molecule has 0 radical (unpaired) electrons. The summed E-state index contributed by atoms with van der Waals surface area (Å²) < 4.78 is 10.8. The Morgan fingerprint density at radius 3 is 2.29 bits per heavy atom. The van der Waals surface area contributed by atoms with E-state index < -0.39 is 0 Å². The Morgan fingerprint density at radius 2 is 1.67 bits per heavy atom. The molecule has 0 aliphatic carbocycles. The molecule has 0 spiro atoms. The van der Waals surface area contributed by atoms with E-state index in [1.165, 1.54) is 5.56 Å². The van der Waals surface area contributed by atoms with E-state index in [0.717, 1.165) is 28.6 Å². The number of rotatable bonds is 8. The van der Waals surface area contributed by atoms with Gasteiger partial charge in [0.05, 0.1) is 14.2 Å². The van der Waals surface area contributed by atoms with Crippen LogP contribution < -0.4 is 19.7 Å². The van der Waals surface area contributed by atoms with E-state index in [-0.39, 0.29) is 5.91 Å². The standard InChI is InChI=1S/C19H24N2O3/c1-15-4-8-18(9-5-15)24-13-12-21(2)14-19(22)20-16-6-10-17(23-3)11-7-16/h4-11H,12-14H2,1-3H3,(H,20,22)/p+1. The van der Waals surface area contributed by atoms with Crippen molar-refractivity contribution < 1.29 is 19.2 Å². The van der Waals surface area contributed by atoms with Gasteiger partial charge >= 0.3 is 0 Å². The zero-order valence-corrected chi connectivity index (χ0v) is 14.5. The van der Waals surface area contributed by atoms with Gasteiger partial charge in [-0.25, -0.2) is 0 Å². The van der Waals surface area contributed by atoms with Crippen LogP contribution in [0.15, 0.2) is 48.5 Å². The maximum Gasteiger partial charge on any atom is 0.279 e. The van der Waals surface area contributed by atoms with Gasteiger partial charge in [-0.15, -0.1) is 0 Å². The van der Waals surface area contributed by atoms with E-state index in [4.69, 9.17) is 9.47 Å². The summed E-state index contributed by atoms with van der Waals surface area (Å²) in [7, 11) is 3.59. The van der Waals surface area contributed by atoms with Gasteiger partial charge in [0.1, 0.15) is 24.7 Å². The molecular weight excluding hydrogens is 304 g/mol. The molecule has 0 saturated carbocycles. The van der Waals surface area contributed by atoms with Crippen molar-refractivity contribution in [1.29, 1.82) is 0 Å². The third-order valence-electron chi connectivity index (χ3n) is 3.65. The first-order chi connectivity index (χ1) is 11.6. The van der Waals surface area contributed by atoms with Crippen molar-refractivity contribution in [3.8, 4) is 11.5 Å². The van der Waals surface area contributed by atoms with Crippen molar-refractivity contribution in [3.05, 3.63) is 54.1 Å². The summed E-state index contributed by atoms with van der Waals surface area (Å²) in [5, 5.41) is 2.88. The average molecular weight is 329 g/mol. The first-order valence-corrected chi connectivity index (χ1v) is 8.01. The predicted octanol–water partition coefficient (Wildman–Crippen LogP) is 1.54. The topological polar surface area (TPSA) is 52.0 Å². The average Bonchev–Trinajstić information content (AvgIpc) is 2.57. The second kappa shape index (κ2) is 8.93. The summed E-state index contributed by atoms with van der Waals surface area (Å²) in [6.45, 7) is 3.76. The van der Waals surface area contributed by atoms with Crippen molar-refractivity contribution in [1.82, 2.24) is 0 Å². The van der Waals surface area contributed by atoms with Crippen LogP contribution in [0.5, 0.6) is 11.5 Å². The molecule has 2 N–H and O–H groups in total. The van der Waals surface area contributed by atoms with Crippen LogP contribution in [0.4, 0.5) is 5.69 Å².